The van der Waals surface area contributed by atoms with Crippen LogP contribution < -0.4 is 14.7 Å². The SMILES string of the molecule is Cc1cccc(N2CCN(c3nc(C)cc(N4CCCCC4)n3)CC2)c1. The standard InChI is InChI=1S/C21H29N5/c1-17-7-6-8-19(15-17)24-11-13-26(14-12-24)21-22-18(2)16-20(23-21)25-9-4-3-5-10-25/h6-8,15-16H,3-5,9-14H2,1-2H3. The average Bonchev–Trinajstić information content (AvgIpc) is 2.68. The second kappa shape index (κ2) is 7.52. The molecule has 0 spiro atoms. The maximum Gasteiger partial charge on any atom is 0.227 e. The van der Waals surface area contributed by atoms with Gasteiger partial charge in [-0.2, -0.15) is 4.98 Å². The molecular weight excluding hydrogens is 322 g/mol. The van der Waals surface area contributed by atoms with Crippen LogP contribution in [0.3, 0.4) is 0 Å². The zero-order chi connectivity index (χ0) is 17.9. The van der Waals surface area contributed by atoms with Crippen LogP contribution in [0, 0.1) is 13.8 Å². The van der Waals surface area contributed by atoms with Gasteiger partial charge in [0.1, 0.15) is 5.82 Å². The Morgan fingerprint density at radius 3 is 2.19 bits per heavy atom. The Kier molecular flexibility index (Phi) is 4.96. The van der Waals surface area contributed by atoms with E-state index in [0.29, 0.717) is 0 Å². The predicted molar refractivity (Wildman–Crippen MR) is 108 cm³/mol. The van der Waals surface area contributed by atoms with Crippen LogP contribution in [0.4, 0.5) is 17.5 Å². The molecule has 0 N–H and O–H groups in total. The third kappa shape index (κ3) is 3.76. The molecule has 0 aliphatic carbocycles. The smallest absolute Gasteiger partial charge is 0.227 e. The van der Waals surface area contributed by atoms with Gasteiger partial charge in [-0.25, -0.2) is 4.98 Å². The van der Waals surface area contributed by atoms with E-state index in [9.17, 15) is 0 Å². The number of aromatic nitrogens is 2. The molecule has 26 heavy (non-hydrogen) atoms. The van der Waals surface area contributed by atoms with E-state index in [1.165, 1.54) is 30.5 Å². The van der Waals surface area contributed by atoms with Gasteiger partial charge in [-0.3, -0.25) is 0 Å². The van der Waals surface area contributed by atoms with Crippen LogP contribution >= 0.6 is 0 Å². The maximum absolute atomic E-state index is 4.92. The van der Waals surface area contributed by atoms with Crippen molar-refractivity contribution in [1.82, 2.24) is 9.97 Å². The van der Waals surface area contributed by atoms with E-state index in [0.717, 1.165) is 56.7 Å². The lowest BCUT2D eigenvalue weighted by Crippen LogP contribution is -2.47. The summed E-state index contributed by atoms with van der Waals surface area (Å²) in [6, 6.07) is 10.9. The van der Waals surface area contributed by atoms with Crippen molar-refractivity contribution in [1.29, 1.82) is 0 Å². The summed E-state index contributed by atoms with van der Waals surface area (Å²) >= 11 is 0. The molecule has 1 aromatic heterocycles. The molecule has 5 nitrogen and oxygen atoms in total. The molecule has 2 aliphatic rings. The Bertz CT molecular complexity index is 746. The van der Waals surface area contributed by atoms with Crippen LogP contribution in [-0.2, 0) is 0 Å². The van der Waals surface area contributed by atoms with Crippen molar-refractivity contribution >= 4 is 17.5 Å². The van der Waals surface area contributed by atoms with Gasteiger partial charge in [0.25, 0.3) is 0 Å². The lowest BCUT2D eigenvalue weighted by molar-refractivity contribution is 0.571. The van der Waals surface area contributed by atoms with E-state index in [-0.39, 0.29) is 0 Å². The van der Waals surface area contributed by atoms with Crippen molar-refractivity contribution in [2.45, 2.75) is 33.1 Å². The summed E-state index contributed by atoms with van der Waals surface area (Å²) in [6.07, 6.45) is 3.88. The Morgan fingerprint density at radius 1 is 0.731 bits per heavy atom. The summed E-state index contributed by atoms with van der Waals surface area (Å²) in [5.74, 6) is 2.00. The number of benzene rings is 1. The molecule has 0 bridgehead atoms. The van der Waals surface area contributed by atoms with E-state index in [4.69, 9.17) is 9.97 Å². The Balaban J connectivity index is 1.46. The maximum atomic E-state index is 4.92. The van der Waals surface area contributed by atoms with Crippen molar-refractivity contribution in [2.24, 2.45) is 0 Å². The third-order valence-electron chi connectivity index (χ3n) is 5.44. The molecule has 1 aromatic carbocycles. The summed E-state index contributed by atoms with van der Waals surface area (Å²) in [4.78, 5) is 16.9. The molecule has 5 heteroatoms. The van der Waals surface area contributed by atoms with E-state index < -0.39 is 0 Å². The van der Waals surface area contributed by atoms with E-state index >= 15 is 0 Å². The molecule has 3 heterocycles. The number of hydrogen-bond acceptors (Lipinski definition) is 5. The molecule has 2 fully saturated rings. The Hall–Kier alpha value is -2.30. The molecule has 2 aliphatic heterocycles. The van der Waals surface area contributed by atoms with Gasteiger partial charge in [0.2, 0.25) is 5.95 Å². The number of aryl methyl sites for hydroxylation is 2. The number of anilines is 3. The molecule has 4 rings (SSSR count). The van der Waals surface area contributed by atoms with E-state index in [2.05, 4.69) is 58.9 Å². The van der Waals surface area contributed by atoms with Gasteiger partial charge in [0.05, 0.1) is 0 Å². The van der Waals surface area contributed by atoms with Crippen molar-refractivity contribution in [3.8, 4) is 0 Å². The number of hydrogen-bond donors (Lipinski definition) is 0. The fourth-order valence-electron chi connectivity index (χ4n) is 3.95. The molecule has 2 saturated heterocycles. The predicted octanol–water partition coefficient (Wildman–Crippen LogP) is 3.41. The molecular formula is C21H29N5. The third-order valence-corrected chi connectivity index (χ3v) is 5.44. The molecule has 138 valence electrons. The average molecular weight is 351 g/mol. The van der Waals surface area contributed by atoms with Crippen LogP contribution in [0.15, 0.2) is 30.3 Å². The normalized spacial score (nSPS) is 18.3. The van der Waals surface area contributed by atoms with Gasteiger partial charge < -0.3 is 14.7 Å². The summed E-state index contributed by atoms with van der Waals surface area (Å²) in [6.45, 7) is 10.4. The summed E-state index contributed by atoms with van der Waals surface area (Å²) in [5.41, 5.74) is 3.71. The van der Waals surface area contributed by atoms with Crippen molar-refractivity contribution in [3.05, 3.63) is 41.6 Å². The lowest BCUT2D eigenvalue weighted by atomic mass is 10.1. The highest BCUT2D eigenvalue weighted by Crippen LogP contribution is 2.23. The van der Waals surface area contributed by atoms with Crippen LogP contribution in [0.5, 0.6) is 0 Å². The monoisotopic (exact) mass is 351 g/mol. The largest absolute Gasteiger partial charge is 0.368 e. The van der Waals surface area contributed by atoms with E-state index in [1.807, 2.05) is 0 Å². The van der Waals surface area contributed by atoms with Gasteiger partial charge in [-0.1, -0.05) is 12.1 Å². The summed E-state index contributed by atoms with van der Waals surface area (Å²) in [5, 5.41) is 0. The summed E-state index contributed by atoms with van der Waals surface area (Å²) < 4.78 is 0. The highest BCUT2D eigenvalue weighted by atomic mass is 15.3. The number of nitrogens with zero attached hydrogens (tertiary/aromatic N) is 5. The highest BCUT2D eigenvalue weighted by Gasteiger charge is 2.21. The van der Waals surface area contributed by atoms with Crippen LogP contribution in [0.1, 0.15) is 30.5 Å². The summed E-state index contributed by atoms with van der Waals surface area (Å²) in [7, 11) is 0. The van der Waals surface area contributed by atoms with Gasteiger partial charge in [-0.15, -0.1) is 0 Å². The molecule has 0 saturated carbocycles. The second-order valence-electron chi connectivity index (χ2n) is 7.53. The minimum absolute atomic E-state index is 0.898. The Morgan fingerprint density at radius 2 is 1.46 bits per heavy atom. The fraction of sp³-hybridized carbons (Fsp3) is 0.524. The fourth-order valence-corrected chi connectivity index (χ4v) is 3.95. The molecule has 0 amide bonds. The van der Waals surface area contributed by atoms with Crippen molar-refractivity contribution in [2.75, 3.05) is 54.0 Å². The van der Waals surface area contributed by atoms with Crippen molar-refractivity contribution in [3.63, 3.8) is 0 Å². The van der Waals surface area contributed by atoms with Gasteiger partial charge >= 0.3 is 0 Å². The molecule has 2 aromatic rings. The first-order valence-corrected chi connectivity index (χ1v) is 9.86. The minimum atomic E-state index is 0.898. The number of piperazine rings is 1. The molecule has 0 unspecified atom stereocenters. The number of piperidine rings is 1. The quantitative estimate of drug-likeness (QED) is 0.847. The van der Waals surface area contributed by atoms with Crippen LogP contribution in [0.25, 0.3) is 0 Å². The second-order valence-corrected chi connectivity index (χ2v) is 7.53. The van der Waals surface area contributed by atoms with Crippen molar-refractivity contribution < 1.29 is 0 Å². The van der Waals surface area contributed by atoms with Gasteiger partial charge in [-0.05, 0) is 50.8 Å². The highest BCUT2D eigenvalue weighted by molar-refractivity contribution is 5.51. The van der Waals surface area contributed by atoms with E-state index in [1.54, 1.807) is 0 Å². The molecule has 0 radical (unpaired) electrons. The van der Waals surface area contributed by atoms with Crippen LogP contribution in [-0.4, -0.2) is 49.2 Å². The zero-order valence-electron chi connectivity index (χ0n) is 16.0. The lowest BCUT2D eigenvalue weighted by Gasteiger charge is -2.37. The Labute approximate surface area is 156 Å². The first-order chi connectivity index (χ1) is 12.7. The zero-order valence-corrected chi connectivity index (χ0v) is 16.0. The minimum Gasteiger partial charge on any atom is -0.368 e. The topological polar surface area (TPSA) is 35.5 Å². The first kappa shape index (κ1) is 17.1. The first-order valence-electron chi connectivity index (χ1n) is 9.86. The van der Waals surface area contributed by atoms with Crippen LogP contribution in [0.2, 0.25) is 0 Å². The van der Waals surface area contributed by atoms with Gasteiger partial charge in [0, 0.05) is 56.7 Å². The molecule has 0 atom stereocenters. The number of rotatable bonds is 3. The van der Waals surface area contributed by atoms with Gasteiger partial charge in [0.15, 0.2) is 0 Å².